The van der Waals surface area contributed by atoms with Crippen molar-refractivity contribution in [3.05, 3.63) is 53.0 Å². The minimum absolute atomic E-state index is 0.870. The van der Waals surface area contributed by atoms with Crippen LogP contribution in [0.3, 0.4) is 0 Å². The number of aromatic nitrogens is 3. The maximum Gasteiger partial charge on any atom is 0.139 e. The molecule has 5 heteroatoms. The van der Waals surface area contributed by atoms with Crippen LogP contribution in [0.15, 0.2) is 52.6 Å². The molecule has 1 aromatic carbocycles. The van der Waals surface area contributed by atoms with Gasteiger partial charge in [0.15, 0.2) is 0 Å². The molecule has 0 N–H and O–H groups in total. The van der Waals surface area contributed by atoms with Crippen LogP contribution in [0.25, 0.3) is 6.08 Å². The van der Waals surface area contributed by atoms with Crippen LogP contribution in [0, 0.1) is 0 Å². The molecular formula is C11H9BrN4. The van der Waals surface area contributed by atoms with Crippen molar-refractivity contribution in [1.29, 1.82) is 0 Å². The fourth-order valence-electron chi connectivity index (χ4n) is 1.12. The Hall–Kier alpha value is -1.75. The Labute approximate surface area is 101 Å². The van der Waals surface area contributed by atoms with Crippen LogP contribution >= 0.6 is 15.9 Å². The molecule has 0 radical (unpaired) electrons. The predicted octanol–water partition coefficient (Wildman–Crippen LogP) is 2.55. The van der Waals surface area contributed by atoms with Gasteiger partial charge < -0.3 is 0 Å². The number of halogens is 1. The second-order valence-electron chi connectivity index (χ2n) is 3.00. The van der Waals surface area contributed by atoms with Gasteiger partial charge in [-0.15, -0.1) is 9.89 Å². The fourth-order valence-corrected chi connectivity index (χ4v) is 1.48. The third-order valence-electron chi connectivity index (χ3n) is 1.81. The molecule has 0 fully saturated rings. The van der Waals surface area contributed by atoms with Crippen molar-refractivity contribution in [2.45, 2.75) is 0 Å². The molecule has 0 atom stereocenters. The van der Waals surface area contributed by atoms with Crippen LogP contribution in [0.2, 0.25) is 0 Å². The van der Waals surface area contributed by atoms with Crippen LogP contribution in [0.4, 0.5) is 0 Å². The summed E-state index contributed by atoms with van der Waals surface area (Å²) in [6.07, 6.45) is 6.60. The summed E-state index contributed by atoms with van der Waals surface area (Å²) < 4.78 is 0.870. The van der Waals surface area contributed by atoms with Crippen molar-refractivity contribution < 1.29 is 0 Å². The summed E-state index contributed by atoms with van der Waals surface area (Å²) in [5.41, 5.74) is 1.11. The molecule has 1 heterocycles. The second kappa shape index (κ2) is 5.37. The minimum atomic E-state index is 0.870. The van der Waals surface area contributed by atoms with Crippen molar-refractivity contribution in [2.24, 2.45) is 5.10 Å². The molecule has 0 saturated heterocycles. The highest BCUT2D eigenvalue weighted by molar-refractivity contribution is 9.12. The molecule has 0 unspecified atom stereocenters. The van der Waals surface area contributed by atoms with Gasteiger partial charge in [-0.1, -0.05) is 30.3 Å². The van der Waals surface area contributed by atoms with Gasteiger partial charge in [0.2, 0.25) is 0 Å². The molecule has 1 aromatic heterocycles. The number of benzene rings is 1. The molecule has 4 nitrogen and oxygen atoms in total. The standard InChI is InChI=1S/C11H9BrN4/c12-11(6-10-4-2-1-3-5-10)7-14-16-9-13-8-15-16/h1-9H/b11-6-,14-7+. The summed E-state index contributed by atoms with van der Waals surface area (Å²) in [6, 6.07) is 9.99. The van der Waals surface area contributed by atoms with E-state index in [4.69, 9.17) is 0 Å². The van der Waals surface area contributed by atoms with E-state index >= 15 is 0 Å². The van der Waals surface area contributed by atoms with E-state index in [9.17, 15) is 0 Å². The van der Waals surface area contributed by atoms with Crippen LogP contribution in [-0.2, 0) is 0 Å². The third kappa shape index (κ3) is 3.13. The second-order valence-corrected chi connectivity index (χ2v) is 3.92. The van der Waals surface area contributed by atoms with Crippen molar-refractivity contribution >= 4 is 28.2 Å². The maximum absolute atomic E-state index is 4.07. The van der Waals surface area contributed by atoms with Crippen molar-refractivity contribution in [3.63, 3.8) is 0 Å². The van der Waals surface area contributed by atoms with E-state index in [0.29, 0.717) is 0 Å². The molecule has 0 amide bonds. The van der Waals surface area contributed by atoms with Crippen molar-refractivity contribution in [1.82, 2.24) is 14.9 Å². The number of allylic oxidation sites excluding steroid dienone is 1. The van der Waals surface area contributed by atoms with Gasteiger partial charge >= 0.3 is 0 Å². The first-order valence-corrected chi connectivity index (χ1v) is 5.45. The van der Waals surface area contributed by atoms with E-state index in [1.807, 2.05) is 36.4 Å². The lowest BCUT2D eigenvalue weighted by Gasteiger charge is -1.92. The molecule has 16 heavy (non-hydrogen) atoms. The van der Waals surface area contributed by atoms with Gasteiger partial charge in [-0.25, -0.2) is 4.98 Å². The molecule has 0 aliphatic carbocycles. The summed E-state index contributed by atoms with van der Waals surface area (Å²) in [5.74, 6) is 0. The Morgan fingerprint density at radius 3 is 2.81 bits per heavy atom. The van der Waals surface area contributed by atoms with Crippen LogP contribution < -0.4 is 0 Å². The van der Waals surface area contributed by atoms with Crippen LogP contribution in [0.5, 0.6) is 0 Å². The Morgan fingerprint density at radius 1 is 1.31 bits per heavy atom. The highest BCUT2D eigenvalue weighted by atomic mass is 79.9. The molecular weight excluding hydrogens is 268 g/mol. The highest BCUT2D eigenvalue weighted by Gasteiger charge is 1.89. The molecule has 0 aliphatic rings. The Balaban J connectivity index is 2.09. The topological polar surface area (TPSA) is 43.1 Å². The molecule has 0 saturated carbocycles. The maximum atomic E-state index is 4.07. The quantitative estimate of drug-likeness (QED) is 0.809. The van der Waals surface area contributed by atoms with E-state index in [0.717, 1.165) is 10.0 Å². The Morgan fingerprint density at radius 2 is 2.12 bits per heavy atom. The van der Waals surface area contributed by atoms with Gasteiger partial charge in [-0.05, 0) is 27.6 Å². The number of hydrogen-bond donors (Lipinski definition) is 0. The van der Waals surface area contributed by atoms with Gasteiger partial charge in [-0.3, -0.25) is 0 Å². The predicted molar refractivity (Wildman–Crippen MR) is 67.3 cm³/mol. The molecule has 0 bridgehead atoms. The lowest BCUT2D eigenvalue weighted by Crippen LogP contribution is -1.88. The first-order chi connectivity index (χ1) is 7.84. The Kier molecular flexibility index (Phi) is 3.61. The first kappa shape index (κ1) is 10.8. The van der Waals surface area contributed by atoms with Gasteiger partial charge in [0.05, 0.1) is 6.21 Å². The van der Waals surface area contributed by atoms with Gasteiger partial charge in [-0.2, -0.15) is 5.10 Å². The zero-order valence-electron chi connectivity index (χ0n) is 8.36. The lowest BCUT2D eigenvalue weighted by atomic mass is 10.2. The molecule has 80 valence electrons. The van der Waals surface area contributed by atoms with E-state index < -0.39 is 0 Å². The van der Waals surface area contributed by atoms with Gasteiger partial charge in [0.25, 0.3) is 0 Å². The van der Waals surface area contributed by atoms with E-state index in [1.165, 1.54) is 17.4 Å². The SMILES string of the molecule is BrC(=C\c1ccccc1)/C=N/n1cncn1. The average molecular weight is 277 g/mol. The number of nitrogens with zero attached hydrogens (tertiary/aromatic N) is 4. The van der Waals surface area contributed by atoms with Crippen LogP contribution in [-0.4, -0.2) is 21.1 Å². The van der Waals surface area contributed by atoms with E-state index in [1.54, 1.807) is 6.21 Å². The monoisotopic (exact) mass is 276 g/mol. The zero-order valence-corrected chi connectivity index (χ0v) is 9.95. The number of rotatable bonds is 3. The third-order valence-corrected chi connectivity index (χ3v) is 2.24. The lowest BCUT2D eigenvalue weighted by molar-refractivity contribution is 0.743. The summed E-state index contributed by atoms with van der Waals surface area (Å²) in [6.45, 7) is 0. The first-order valence-electron chi connectivity index (χ1n) is 4.66. The van der Waals surface area contributed by atoms with E-state index in [2.05, 4.69) is 31.1 Å². The summed E-state index contributed by atoms with van der Waals surface area (Å²) in [4.78, 5) is 5.18. The fraction of sp³-hybridized carbons (Fsp3) is 0. The molecule has 2 rings (SSSR count). The minimum Gasteiger partial charge on any atom is -0.221 e. The molecule has 0 spiro atoms. The summed E-state index contributed by atoms with van der Waals surface area (Å²) in [5, 5.41) is 7.92. The van der Waals surface area contributed by atoms with Crippen molar-refractivity contribution in [3.8, 4) is 0 Å². The van der Waals surface area contributed by atoms with E-state index in [-0.39, 0.29) is 0 Å². The summed E-state index contributed by atoms with van der Waals surface area (Å²) >= 11 is 3.41. The number of hydrogen-bond acceptors (Lipinski definition) is 3. The zero-order chi connectivity index (χ0) is 11.2. The Bertz CT molecular complexity index is 488. The van der Waals surface area contributed by atoms with Crippen molar-refractivity contribution in [2.75, 3.05) is 0 Å². The average Bonchev–Trinajstić information content (AvgIpc) is 2.81. The molecule has 0 aliphatic heterocycles. The summed E-state index contributed by atoms with van der Waals surface area (Å²) in [7, 11) is 0. The van der Waals surface area contributed by atoms with Crippen LogP contribution in [0.1, 0.15) is 5.56 Å². The van der Waals surface area contributed by atoms with Gasteiger partial charge in [0, 0.05) is 4.48 Å². The van der Waals surface area contributed by atoms with Gasteiger partial charge in [0.1, 0.15) is 12.7 Å². The smallest absolute Gasteiger partial charge is 0.139 e. The highest BCUT2D eigenvalue weighted by Crippen LogP contribution is 2.09. The largest absolute Gasteiger partial charge is 0.221 e. The molecule has 2 aromatic rings. The normalized spacial score (nSPS) is 12.2.